The Kier molecular flexibility index (Phi) is 5.16. The second kappa shape index (κ2) is 5.98. The molecule has 2 rings (SSSR count). The van der Waals surface area contributed by atoms with Gasteiger partial charge in [0.2, 0.25) is 0 Å². The first-order valence-corrected chi connectivity index (χ1v) is 5.12. The second-order valence-electron chi connectivity index (χ2n) is 3.65. The van der Waals surface area contributed by atoms with Crippen molar-refractivity contribution in [2.45, 2.75) is 32.6 Å². The summed E-state index contributed by atoms with van der Waals surface area (Å²) >= 11 is 0. The van der Waals surface area contributed by atoms with E-state index in [2.05, 4.69) is 11.1 Å². The first-order chi connectivity index (χ1) is 7.61. The molecule has 0 saturated heterocycles. The van der Waals surface area contributed by atoms with Gasteiger partial charge in [-0.25, -0.2) is 14.2 Å². The number of hydrogen-bond acceptors (Lipinski definition) is 3. The molecule has 0 saturated carbocycles. The maximum atomic E-state index is 13.5. The van der Waals surface area contributed by atoms with Crippen LogP contribution in [0.1, 0.15) is 25.3 Å². The molecule has 0 fully saturated rings. The first-order valence-electron chi connectivity index (χ1n) is 5.12. The van der Waals surface area contributed by atoms with Crippen LogP contribution in [0.25, 0.3) is 0 Å². The number of ether oxygens (including phenoxy) is 1. The Hall–Kier alpha value is -0.386. The van der Waals surface area contributed by atoms with Crippen LogP contribution >= 0.6 is 0 Å². The summed E-state index contributed by atoms with van der Waals surface area (Å²) in [5, 5.41) is 0. The molecule has 2 unspecified atom stereocenters. The molecule has 0 aliphatic carbocycles. The van der Waals surface area contributed by atoms with Gasteiger partial charge in [0.25, 0.3) is 0 Å². The van der Waals surface area contributed by atoms with E-state index in [1.807, 2.05) is 6.92 Å². The smallest absolute Gasteiger partial charge is 0.432 e. The van der Waals surface area contributed by atoms with Gasteiger partial charge in [0.05, 0.1) is 6.10 Å². The quantitative estimate of drug-likeness (QED) is 0.778. The summed E-state index contributed by atoms with van der Waals surface area (Å²) in [4.78, 5) is 15.2. The molecule has 17 heavy (non-hydrogen) atoms. The van der Waals surface area contributed by atoms with E-state index in [9.17, 15) is 9.18 Å². The molecule has 2 atom stereocenters. The van der Waals surface area contributed by atoms with Gasteiger partial charge in [-0.15, -0.1) is 5.69 Å². The van der Waals surface area contributed by atoms with Crippen molar-refractivity contribution < 1.29 is 41.8 Å². The molecule has 0 spiro atoms. The van der Waals surface area contributed by atoms with Gasteiger partial charge in [-0.3, -0.25) is 0 Å². The summed E-state index contributed by atoms with van der Waals surface area (Å²) in [7, 11) is 0. The van der Waals surface area contributed by atoms with Gasteiger partial charge in [-0.05, 0) is 12.5 Å². The molecule has 1 aliphatic rings. The fraction of sp³-hybridized carbons (Fsp3) is 0.455. The third-order valence-corrected chi connectivity index (χ3v) is 2.44. The van der Waals surface area contributed by atoms with Crippen LogP contribution in [0, 0.1) is 13.0 Å². The SMILES string of the molecule is CCC1C=C(F)C(n2c[c-]c(C)nc2=O)O1.[Y+3]. The number of aromatic nitrogens is 2. The summed E-state index contributed by atoms with van der Waals surface area (Å²) in [6.45, 7) is 3.54. The first kappa shape index (κ1) is 14.7. The maximum absolute atomic E-state index is 13.5. The molecule has 6 heteroatoms. The van der Waals surface area contributed by atoms with Crippen molar-refractivity contribution in [2.24, 2.45) is 0 Å². The number of nitrogens with zero attached hydrogens (tertiary/aromatic N) is 2. The Morgan fingerprint density at radius 3 is 2.88 bits per heavy atom. The average molecular weight is 312 g/mol. The summed E-state index contributed by atoms with van der Waals surface area (Å²) in [5.74, 6) is -0.451. The molecular weight excluding hydrogens is 300 g/mol. The van der Waals surface area contributed by atoms with Gasteiger partial charge < -0.3 is 15.4 Å². The molecule has 1 aromatic heterocycles. The van der Waals surface area contributed by atoms with Gasteiger partial charge in [0, 0.05) is 0 Å². The Balaban J connectivity index is 0.00000144. The summed E-state index contributed by atoms with van der Waals surface area (Å²) in [6.07, 6.45) is 2.17. The van der Waals surface area contributed by atoms with Gasteiger partial charge in [-0.2, -0.15) is 6.20 Å². The van der Waals surface area contributed by atoms with Crippen molar-refractivity contribution >= 4 is 0 Å². The van der Waals surface area contributed by atoms with Crippen molar-refractivity contribution in [3.05, 3.63) is 40.3 Å². The minimum atomic E-state index is -0.984. The predicted molar refractivity (Wildman–Crippen MR) is 55.5 cm³/mol. The van der Waals surface area contributed by atoms with Crippen LogP contribution in [-0.2, 0) is 37.4 Å². The van der Waals surface area contributed by atoms with Gasteiger partial charge in [0.1, 0.15) is 5.83 Å². The minimum absolute atomic E-state index is 0. The molecule has 0 radical (unpaired) electrons. The van der Waals surface area contributed by atoms with E-state index in [0.717, 1.165) is 4.57 Å². The van der Waals surface area contributed by atoms with Gasteiger partial charge in [0.15, 0.2) is 6.23 Å². The third-order valence-electron chi connectivity index (χ3n) is 2.44. The van der Waals surface area contributed by atoms with Gasteiger partial charge >= 0.3 is 38.4 Å². The summed E-state index contributed by atoms with van der Waals surface area (Å²) < 4.78 is 20.0. The van der Waals surface area contributed by atoms with Crippen LogP contribution < -0.4 is 5.69 Å². The van der Waals surface area contributed by atoms with Crippen molar-refractivity contribution in [3.63, 3.8) is 0 Å². The molecule has 0 aromatic carbocycles. The Morgan fingerprint density at radius 2 is 2.35 bits per heavy atom. The van der Waals surface area contributed by atoms with E-state index >= 15 is 0 Å². The van der Waals surface area contributed by atoms with Crippen molar-refractivity contribution in [2.75, 3.05) is 0 Å². The molecule has 1 aliphatic heterocycles. The van der Waals surface area contributed by atoms with E-state index in [0.29, 0.717) is 12.1 Å². The summed E-state index contributed by atoms with van der Waals surface area (Å²) in [6, 6.07) is 2.75. The van der Waals surface area contributed by atoms with Crippen LogP contribution in [0.3, 0.4) is 0 Å². The number of halogens is 1. The average Bonchev–Trinajstić information content (AvgIpc) is 2.60. The predicted octanol–water partition coefficient (Wildman–Crippen LogP) is 1.51. The zero-order valence-corrected chi connectivity index (χ0v) is 12.5. The molecule has 0 bridgehead atoms. The molecule has 1 aromatic rings. The third kappa shape index (κ3) is 3.09. The molecule has 2 heterocycles. The number of rotatable bonds is 2. The fourth-order valence-electron chi connectivity index (χ4n) is 1.56. The van der Waals surface area contributed by atoms with E-state index in [1.54, 1.807) is 6.92 Å². The summed E-state index contributed by atoms with van der Waals surface area (Å²) in [5.41, 5.74) is -0.0442. The molecular formula is C11H12FN2O2Y+2. The molecule has 0 N–H and O–H groups in total. The Morgan fingerprint density at radius 1 is 1.65 bits per heavy atom. The van der Waals surface area contributed by atoms with E-state index < -0.39 is 17.7 Å². The normalized spacial score (nSPS) is 23.1. The zero-order chi connectivity index (χ0) is 11.7. The fourth-order valence-corrected chi connectivity index (χ4v) is 1.56. The van der Waals surface area contributed by atoms with Crippen LogP contribution in [0.2, 0.25) is 0 Å². The van der Waals surface area contributed by atoms with Crippen LogP contribution in [0.15, 0.2) is 22.9 Å². The Labute approximate surface area is 124 Å². The van der Waals surface area contributed by atoms with Gasteiger partial charge in [-0.1, -0.05) is 13.8 Å². The van der Waals surface area contributed by atoms with Crippen LogP contribution in [0.4, 0.5) is 4.39 Å². The molecule has 4 nitrogen and oxygen atoms in total. The minimum Gasteiger partial charge on any atom is -0.432 e. The Bertz CT molecular complexity index is 487. The topological polar surface area (TPSA) is 44.1 Å². The monoisotopic (exact) mass is 312 g/mol. The van der Waals surface area contributed by atoms with E-state index in [1.165, 1.54) is 12.3 Å². The number of aryl methyl sites for hydroxylation is 1. The molecule has 86 valence electrons. The zero-order valence-electron chi connectivity index (χ0n) is 9.68. The number of hydrogen-bond donors (Lipinski definition) is 0. The molecule has 0 amide bonds. The maximum Gasteiger partial charge on any atom is 3.00 e. The van der Waals surface area contributed by atoms with Crippen molar-refractivity contribution in [1.29, 1.82) is 0 Å². The van der Waals surface area contributed by atoms with Crippen LogP contribution in [-0.4, -0.2) is 15.7 Å². The van der Waals surface area contributed by atoms with E-state index in [-0.39, 0.29) is 38.8 Å². The standard InChI is InChI=1S/C11H12FN2O2.Y/c1-3-8-6-9(12)10(16-8)14-5-4-7(2)13-11(14)15;/h5-6,8,10H,3H2,1-2H3;/q-1;+3. The van der Waals surface area contributed by atoms with E-state index in [4.69, 9.17) is 4.74 Å². The van der Waals surface area contributed by atoms with Crippen LogP contribution in [0.5, 0.6) is 0 Å². The van der Waals surface area contributed by atoms with Crippen molar-refractivity contribution in [3.8, 4) is 0 Å². The largest absolute Gasteiger partial charge is 3.00 e. The van der Waals surface area contributed by atoms with Crippen molar-refractivity contribution in [1.82, 2.24) is 9.55 Å². The second-order valence-corrected chi connectivity index (χ2v) is 3.65.